The number of rotatable bonds is 8. The monoisotopic (exact) mass is 446 g/mol. The van der Waals surface area contributed by atoms with Crippen LogP contribution >= 0.6 is 11.3 Å². The summed E-state index contributed by atoms with van der Waals surface area (Å²) in [6.45, 7) is 4.56. The van der Waals surface area contributed by atoms with Crippen molar-refractivity contribution in [3.8, 4) is 0 Å². The second kappa shape index (κ2) is 10.0. The molecule has 2 atom stereocenters. The molecule has 0 spiro atoms. The fraction of sp³-hybridized carbons (Fsp3) is 0.333. The fourth-order valence-corrected chi connectivity index (χ4v) is 5.82. The van der Waals surface area contributed by atoms with E-state index < -0.39 is 10.8 Å². The van der Waals surface area contributed by atoms with Crippen LogP contribution in [0.4, 0.5) is 5.69 Å². The molecule has 2 aromatic heterocycles. The summed E-state index contributed by atoms with van der Waals surface area (Å²) in [5, 5.41) is 4.11. The number of fused-ring (bicyclic) bond motifs is 1. The molecule has 0 aliphatic carbocycles. The van der Waals surface area contributed by atoms with Gasteiger partial charge in [-0.2, -0.15) is 0 Å². The van der Waals surface area contributed by atoms with Gasteiger partial charge >= 0.3 is 0 Å². The summed E-state index contributed by atoms with van der Waals surface area (Å²) in [7, 11) is 0.356. The van der Waals surface area contributed by atoms with E-state index >= 15 is 0 Å². The van der Waals surface area contributed by atoms with E-state index in [9.17, 15) is 4.21 Å². The molecule has 0 fully saturated rings. The van der Waals surface area contributed by atoms with Gasteiger partial charge in [-0.05, 0) is 42.8 Å². The van der Waals surface area contributed by atoms with Crippen LogP contribution in [0.15, 0.2) is 34.8 Å². The van der Waals surface area contributed by atoms with E-state index in [2.05, 4.69) is 36.3 Å². The normalized spacial score (nSPS) is 18.0. The summed E-state index contributed by atoms with van der Waals surface area (Å²) in [5.41, 5.74) is 16.4. The molecule has 7 nitrogen and oxygen atoms in total. The summed E-state index contributed by atoms with van der Waals surface area (Å²) in [4.78, 5) is 8.57. The Morgan fingerprint density at radius 1 is 1.50 bits per heavy atom. The van der Waals surface area contributed by atoms with Crippen LogP contribution in [-0.2, 0) is 15.5 Å². The molecular formula is C21H28N5O2S2+. The Kier molecular flexibility index (Phi) is 7.41. The number of ether oxygens (including phenoxy) is 1. The van der Waals surface area contributed by atoms with Gasteiger partial charge in [0.25, 0.3) is 0 Å². The number of hydrogen-bond donors (Lipinski definition) is 4. The minimum Gasteiger partial charge on any atom is -0.396 e. The summed E-state index contributed by atoms with van der Waals surface area (Å²) >= 11 is 1.39. The van der Waals surface area contributed by atoms with Gasteiger partial charge in [-0.1, -0.05) is 13.0 Å². The van der Waals surface area contributed by atoms with Crippen molar-refractivity contribution >= 4 is 55.5 Å². The summed E-state index contributed by atoms with van der Waals surface area (Å²) in [5.74, 6) is 0.398. The molecule has 0 radical (unpaired) electrons. The van der Waals surface area contributed by atoms with Gasteiger partial charge in [-0.25, -0.2) is 4.98 Å². The molecule has 3 heterocycles. The third-order valence-electron chi connectivity index (χ3n) is 4.77. The van der Waals surface area contributed by atoms with Gasteiger partial charge in [0.1, 0.15) is 9.04 Å². The number of nitrogen functional groups attached to an aromatic ring is 1. The third-order valence-corrected chi connectivity index (χ3v) is 7.64. The number of methoxy groups -OCH3 is 1. The van der Waals surface area contributed by atoms with Gasteiger partial charge < -0.3 is 15.8 Å². The Hall–Kier alpha value is -2.49. The molecular weight excluding hydrogens is 418 g/mol. The quantitative estimate of drug-likeness (QED) is 0.359. The van der Waals surface area contributed by atoms with E-state index in [1.165, 1.54) is 17.7 Å². The lowest BCUT2D eigenvalue weighted by atomic mass is 9.97. The fourth-order valence-electron chi connectivity index (χ4n) is 3.26. The number of hydrogen-bond acceptors (Lipinski definition) is 6. The largest absolute Gasteiger partial charge is 0.396 e. The number of nitrogens with zero attached hydrogens (tertiary/aromatic N) is 1. The van der Waals surface area contributed by atoms with E-state index in [0.717, 1.165) is 39.0 Å². The maximum absolute atomic E-state index is 12.8. The predicted octanol–water partition coefficient (Wildman–Crippen LogP) is 1.34. The molecule has 0 aromatic carbocycles. The molecule has 30 heavy (non-hydrogen) atoms. The van der Waals surface area contributed by atoms with Crippen LogP contribution in [0.5, 0.6) is 0 Å². The first-order chi connectivity index (χ1) is 14.5. The summed E-state index contributed by atoms with van der Waals surface area (Å²) < 4.78 is 18.5. The van der Waals surface area contributed by atoms with Crippen molar-refractivity contribution in [1.29, 1.82) is 0 Å². The van der Waals surface area contributed by atoms with Crippen molar-refractivity contribution in [3.05, 3.63) is 41.9 Å². The Labute approximate surface area is 183 Å². The SMILES string of the molecule is CCC(=C[NH+]=CN)c1cc(C2=CC(C)NC=C2)c2c(N)c(S(=O)CCOC)sc2n1. The van der Waals surface area contributed by atoms with Crippen LogP contribution in [0.25, 0.3) is 21.4 Å². The average Bonchev–Trinajstić information content (AvgIpc) is 3.08. The van der Waals surface area contributed by atoms with Gasteiger partial charge in [0.2, 0.25) is 6.34 Å². The van der Waals surface area contributed by atoms with Crippen LogP contribution in [0.1, 0.15) is 31.5 Å². The summed E-state index contributed by atoms with van der Waals surface area (Å²) in [6.07, 6.45) is 10.1. The zero-order chi connectivity index (χ0) is 21.7. The zero-order valence-corrected chi connectivity index (χ0v) is 19.0. The van der Waals surface area contributed by atoms with Crippen molar-refractivity contribution in [2.24, 2.45) is 5.73 Å². The highest BCUT2D eigenvalue weighted by Crippen LogP contribution is 2.41. The lowest BCUT2D eigenvalue weighted by Gasteiger charge is -2.17. The molecule has 3 rings (SSSR count). The number of thiophene rings is 1. The molecule has 160 valence electrons. The topological polar surface area (TPSA) is 117 Å². The van der Waals surface area contributed by atoms with Gasteiger partial charge in [-0.15, -0.1) is 11.3 Å². The van der Waals surface area contributed by atoms with Crippen LogP contribution < -0.4 is 21.8 Å². The Morgan fingerprint density at radius 3 is 2.97 bits per heavy atom. The molecule has 6 N–H and O–H groups in total. The molecule has 9 heteroatoms. The molecule has 0 amide bonds. The Balaban J connectivity index is 2.25. The lowest BCUT2D eigenvalue weighted by Crippen LogP contribution is -2.63. The van der Waals surface area contributed by atoms with E-state index in [4.69, 9.17) is 21.2 Å². The van der Waals surface area contributed by atoms with Gasteiger partial charge in [0.15, 0.2) is 0 Å². The van der Waals surface area contributed by atoms with E-state index in [0.29, 0.717) is 22.3 Å². The second-order valence-electron chi connectivity index (χ2n) is 6.85. The molecule has 0 bridgehead atoms. The van der Waals surface area contributed by atoms with Crippen LogP contribution in [0, 0.1) is 0 Å². The summed E-state index contributed by atoms with van der Waals surface area (Å²) in [6, 6.07) is 2.25. The molecule has 0 saturated heterocycles. The van der Waals surface area contributed by atoms with Crippen molar-refractivity contribution in [1.82, 2.24) is 10.3 Å². The Morgan fingerprint density at radius 2 is 2.30 bits per heavy atom. The maximum Gasteiger partial charge on any atom is 0.232 e. The first-order valence-electron chi connectivity index (χ1n) is 9.74. The van der Waals surface area contributed by atoms with Gasteiger partial charge in [-0.3, -0.25) is 14.9 Å². The standard InChI is InChI=1S/C21H27N5O2S2/c1-4-14(11-24-12-22)17-10-16(15-5-6-25-13(2)9-15)18-19(23)21(29-20(18)26-17)30(27)8-7-28-3/h5-6,9-13,25H,4,7-8,23H2,1-3H3,(H2,22,24)/p+1. The van der Waals surface area contributed by atoms with Crippen LogP contribution in [0.2, 0.25) is 0 Å². The Bertz CT molecular complexity index is 1070. The minimum absolute atomic E-state index is 0.196. The van der Waals surface area contributed by atoms with Crippen molar-refractivity contribution in [2.45, 2.75) is 30.5 Å². The van der Waals surface area contributed by atoms with Crippen LogP contribution in [0.3, 0.4) is 0 Å². The first kappa shape index (κ1) is 22.2. The van der Waals surface area contributed by atoms with E-state index in [-0.39, 0.29) is 6.04 Å². The van der Waals surface area contributed by atoms with E-state index in [1.807, 2.05) is 18.5 Å². The number of nitrogens with two attached hydrogens (primary N) is 2. The first-order valence-corrected chi connectivity index (χ1v) is 11.9. The molecule has 2 aromatic rings. The smallest absolute Gasteiger partial charge is 0.232 e. The zero-order valence-electron chi connectivity index (χ0n) is 17.4. The highest BCUT2D eigenvalue weighted by atomic mass is 32.2. The van der Waals surface area contributed by atoms with E-state index in [1.54, 1.807) is 7.11 Å². The molecule has 1 aliphatic rings. The number of allylic oxidation sites excluding steroid dienone is 3. The van der Waals surface area contributed by atoms with Crippen molar-refractivity contribution < 1.29 is 13.9 Å². The predicted molar refractivity (Wildman–Crippen MR) is 126 cm³/mol. The molecule has 1 aliphatic heterocycles. The number of aromatic nitrogens is 1. The van der Waals surface area contributed by atoms with Crippen LogP contribution in [-0.4, -0.2) is 41.0 Å². The number of anilines is 1. The minimum atomic E-state index is -1.24. The highest BCUT2D eigenvalue weighted by Gasteiger charge is 2.22. The number of nitrogens with one attached hydrogen (secondary N) is 2. The van der Waals surface area contributed by atoms with Gasteiger partial charge in [0.05, 0.1) is 40.7 Å². The second-order valence-corrected chi connectivity index (χ2v) is 9.61. The van der Waals surface area contributed by atoms with Crippen molar-refractivity contribution in [3.63, 3.8) is 0 Å². The highest BCUT2D eigenvalue weighted by molar-refractivity contribution is 7.87. The number of dihydropyridines is 1. The van der Waals surface area contributed by atoms with Crippen molar-refractivity contribution in [2.75, 3.05) is 25.2 Å². The van der Waals surface area contributed by atoms with Gasteiger partial charge in [0, 0.05) is 24.1 Å². The molecule has 0 saturated carbocycles. The lowest BCUT2D eigenvalue weighted by molar-refractivity contribution is -0.366. The maximum atomic E-state index is 12.8. The average molecular weight is 447 g/mol. The number of pyridine rings is 1. The molecule has 2 unspecified atom stereocenters. The third kappa shape index (κ3) is 4.63.